The van der Waals surface area contributed by atoms with E-state index in [-0.39, 0.29) is 13.2 Å². The van der Waals surface area contributed by atoms with Crippen molar-refractivity contribution >= 4 is 12.9 Å². The highest BCUT2D eigenvalue weighted by atomic mass is 19.4. The molecule has 0 saturated carbocycles. The quantitative estimate of drug-likeness (QED) is 0.865. The first-order chi connectivity index (χ1) is 9.00. The van der Waals surface area contributed by atoms with E-state index in [4.69, 9.17) is 9.76 Å². The summed E-state index contributed by atoms with van der Waals surface area (Å²) < 4.78 is 42.6. The van der Waals surface area contributed by atoms with Gasteiger partial charge in [-0.05, 0) is 35.8 Å². The molecule has 0 aliphatic rings. The van der Waals surface area contributed by atoms with Crippen molar-refractivity contribution in [1.29, 1.82) is 0 Å². The van der Waals surface area contributed by atoms with Gasteiger partial charge in [0, 0.05) is 0 Å². The first-order valence-corrected chi connectivity index (χ1v) is 5.54. The summed E-state index contributed by atoms with van der Waals surface area (Å²) in [6.45, 7) is 0. The number of hydrogen-bond acceptors (Lipinski definition) is 2. The summed E-state index contributed by atoms with van der Waals surface area (Å²) in [6.07, 6.45) is -4.36. The normalized spacial score (nSPS) is 11.2. The third-order valence-electron chi connectivity index (χ3n) is 2.55. The van der Waals surface area contributed by atoms with Gasteiger partial charge >= 0.3 is 13.7 Å². The predicted molar refractivity (Wildman–Crippen MR) is 67.0 cm³/mol. The first-order valence-electron chi connectivity index (χ1n) is 5.54. The van der Waals surface area contributed by atoms with E-state index >= 15 is 0 Å². The molecule has 0 amide bonds. The maximum Gasteiger partial charge on any atom is 0.416 e. The summed E-state index contributed by atoms with van der Waals surface area (Å²) in [5.41, 5.74) is -0.155. The molecule has 19 heavy (non-hydrogen) atoms. The predicted octanol–water partition coefficient (Wildman–Crippen LogP) is 2.47. The Morgan fingerprint density at radius 3 is 2.16 bits per heavy atom. The molecule has 0 aliphatic carbocycles. The molecule has 0 heterocycles. The minimum Gasteiger partial charge on any atom is -0.458 e. The van der Waals surface area contributed by atoms with E-state index in [1.807, 2.05) is 0 Å². The van der Waals surface area contributed by atoms with Gasteiger partial charge in [0.05, 0.1) is 5.56 Å². The molecular weight excluding hydrogens is 256 g/mol. The van der Waals surface area contributed by atoms with Gasteiger partial charge in [-0.1, -0.05) is 18.2 Å². The highest BCUT2D eigenvalue weighted by Crippen LogP contribution is 2.31. The van der Waals surface area contributed by atoms with Crippen LogP contribution in [0.25, 0.3) is 0 Å². The number of hydrogen-bond donors (Lipinski definition) is 1. The van der Waals surface area contributed by atoms with E-state index in [0.717, 1.165) is 12.1 Å². The van der Waals surface area contributed by atoms with Gasteiger partial charge in [-0.15, -0.1) is 0 Å². The lowest BCUT2D eigenvalue weighted by molar-refractivity contribution is -0.137. The fourth-order valence-electron chi connectivity index (χ4n) is 1.57. The molecule has 0 saturated heterocycles. The number of benzene rings is 2. The lowest BCUT2D eigenvalue weighted by atomic mass is 9.88. The molecule has 0 aromatic heterocycles. The van der Waals surface area contributed by atoms with E-state index in [9.17, 15) is 13.2 Å². The lowest BCUT2D eigenvalue weighted by Gasteiger charge is -2.10. The average Bonchev–Trinajstić information content (AvgIpc) is 2.39. The van der Waals surface area contributed by atoms with E-state index in [2.05, 4.69) is 0 Å². The van der Waals surface area contributed by atoms with Crippen LogP contribution in [-0.4, -0.2) is 12.5 Å². The number of halogens is 3. The fourth-order valence-corrected chi connectivity index (χ4v) is 1.57. The molecule has 0 spiro atoms. The zero-order valence-electron chi connectivity index (χ0n) is 9.82. The Bertz CT molecular complexity index is 553. The van der Waals surface area contributed by atoms with Gasteiger partial charge in [0.25, 0.3) is 0 Å². The van der Waals surface area contributed by atoms with Gasteiger partial charge in [0.2, 0.25) is 0 Å². The Kier molecular flexibility index (Phi) is 3.80. The van der Waals surface area contributed by atoms with Crippen LogP contribution in [0.5, 0.6) is 11.5 Å². The monoisotopic (exact) mass is 266 g/mol. The van der Waals surface area contributed by atoms with Crippen molar-refractivity contribution in [2.24, 2.45) is 0 Å². The zero-order valence-corrected chi connectivity index (χ0v) is 9.82. The molecule has 2 rings (SSSR count). The maximum absolute atomic E-state index is 12.4. The van der Waals surface area contributed by atoms with Crippen molar-refractivity contribution in [2.45, 2.75) is 6.18 Å². The molecule has 0 atom stereocenters. The third-order valence-corrected chi connectivity index (χ3v) is 2.55. The van der Waals surface area contributed by atoms with Crippen LogP contribution in [0.15, 0.2) is 48.5 Å². The standard InChI is InChI=1S/C13H10BF3O2/c15-13(16,17)9-5-7-10(8-6-9)19-12-4-2-1-3-11(12)14-18/h1-8,14,18H. The van der Waals surface area contributed by atoms with Crippen LogP contribution in [0.2, 0.25) is 0 Å². The molecule has 0 bridgehead atoms. The Labute approximate surface area is 108 Å². The Balaban J connectivity index is 2.20. The van der Waals surface area contributed by atoms with E-state index in [1.165, 1.54) is 12.1 Å². The Morgan fingerprint density at radius 1 is 0.947 bits per heavy atom. The first kappa shape index (κ1) is 13.5. The van der Waals surface area contributed by atoms with E-state index in [0.29, 0.717) is 11.2 Å². The van der Waals surface area contributed by atoms with Gasteiger partial charge in [-0.25, -0.2) is 0 Å². The van der Waals surface area contributed by atoms with Crippen LogP contribution in [0.4, 0.5) is 13.2 Å². The molecule has 0 aliphatic heterocycles. The molecule has 2 nitrogen and oxygen atoms in total. The van der Waals surface area contributed by atoms with Crippen LogP contribution in [0.3, 0.4) is 0 Å². The van der Waals surface area contributed by atoms with Gasteiger partial charge in [-0.3, -0.25) is 0 Å². The number of para-hydroxylation sites is 1. The van der Waals surface area contributed by atoms with Crippen LogP contribution in [-0.2, 0) is 6.18 Å². The minimum absolute atomic E-state index is 0.198. The molecule has 2 aromatic rings. The summed E-state index contributed by atoms with van der Waals surface area (Å²) in [6, 6.07) is 11.2. The van der Waals surface area contributed by atoms with Crippen LogP contribution in [0.1, 0.15) is 5.56 Å². The molecular formula is C13H10BF3O2. The van der Waals surface area contributed by atoms with Crippen molar-refractivity contribution < 1.29 is 22.9 Å². The smallest absolute Gasteiger partial charge is 0.416 e. The number of rotatable bonds is 3. The summed E-state index contributed by atoms with van der Waals surface area (Å²) in [7, 11) is -0.198. The van der Waals surface area contributed by atoms with Crippen LogP contribution in [0, 0.1) is 0 Å². The Hall–Kier alpha value is -1.95. The topological polar surface area (TPSA) is 29.5 Å². The molecule has 98 valence electrons. The minimum atomic E-state index is -4.36. The SMILES string of the molecule is OBc1ccccc1Oc1ccc(C(F)(F)F)cc1. The van der Waals surface area contributed by atoms with Crippen molar-refractivity contribution in [2.75, 3.05) is 0 Å². The van der Waals surface area contributed by atoms with Gasteiger partial charge in [0.15, 0.2) is 0 Å². The third kappa shape index (κ3) is 3.29. The molecule has 0 unspecified atom stereocenters. The van der Waals surface area contributed by atoms with Crippen molar-refractivity contribution in [3.63, 3.8) is 0 Å². The summed E-state index contributed by atoms with van der Waals surface area (Å²) >= 11 is 0. The van der Waals surface area contributed by atoms with E-state index < -0.39 is 11.7 Å². The van der Waals surface area contributed by atoms with Crippen LogP contribution >= 0.6 is 0 Å². The summed E-state index contributed by atoms with van der Waals surface area (Å²) in [5.74, 6) is 0.707. The largest absolute Gasteiger partial charge is 0.458 e. The van der Waals surface area contributed by atoms with Crippen LogP contribution < -0.4 is 10.2 Å². The fraction of sp³-hybridized carbons (Fsp3) is 0.0769. The summed E-state index contributed by atoms with van der Waals surface area (Å²) in [4.78, 5) is 0. The van der Waals surface area contributed by atoms with Gasteiger partial charge < -0.3 is 9.76 Å². The van der Waals surface area contributed by atoms with Crippen molar-refractivity contribution in [3.05, 3.63) is 54.1 Å². The van der Waals surface area contributed by atoms with Crippen molar-refractivity contribution in [1.82, 2.24) is 0 Å². The second-order valence-corrected chi connectivity index (χ2v) is 3.89. The Morgan fingerprint density at radius 2 is 1.58 bits per heavy atom. The second kappa shape index (κ2) is 5.36. The molecule has 2 aromatic carbocycles. The molecule has 0 fully saturated rings. The highest BCUT2D eigenvalue weighted by Gasteiger charge is 2.30. The second-order valence-electron chi connectivity index (χ2n) is 3.89. The zero-order chi connectivity index (χ0) is 13.9. The summed E-state index contributed by atoms with van der Waals surface area (Å²) in [5, 5.41) is 9.12. The highest BCUT2D eigenvalue weighted by molar-refractivity contribution is 6.46. The average molecular weight is 266 g/mol. The number of ether oxygens (including phenoxy) is 1. The van der Waals surface area contributed by atoms with Gasteiger partial charge in [0.1, 0.15) is 11.5 Å². The van der Waals surface area contributed by atoms with Gasteiger partial charge in [-0.2, -0.15) is 13.2 Å². The van der Waals surface area contributed by atoms with E-state index in [1.54, 1.807) is 24.3 Å². The molecule has 1 N–H and O–H groups in total. The number of alkyl halides is 3. The maximum atomic E-state index is 12.4. The van der Waals surface area contributed by atoms with Crippen molar-refractivity contribution in [3.8, 4) is 11.5 Å². The molecule has 6 heteroatoms. The molecule has 0 radical (unpaired) electrons. The lowest BCUT2D eigenvalue weighted by Crippen LogP contribution is -2.15.